The van der Waals surface area contributed by atoms with Gasteiger partial charge >= 0.3 is 107 Å². The Labute approximate surface area is 144 Å². The molecule has 0 aliphatic heterocycles. The molecule has 6 heteroatoms. The van der Waals surface area contributed by atoms with Crippen LogP contribution < -0.4 is 0 Å². The van der Waals surface area contributed by atoms with Crippen LogP contribution in [0.5, 0.6) is 0 Å². The van der Waals surface area contributed by atoms with E-state index in [1.807, 2.05) is 0 Å². The number of aliphatic hydroxyl groups is 1. The van der Waals surface area contributed by atoms with Gasteiger partial charge in [0.25, 0.3) is 0 Å². The zero-order chi connectivity index (χ0) is 17.2. The van der Waals surface area contributed by atoms with Crippen molar-refractivity contribution in [2.75, 3.05) is 0 Å². The average molecular weight is 423 g/mol. The van der Waals surface area contributed by atoms with Crippen LogP contribution >= 0.6 is 0 Å². The molecule has 5 nitrogen and oxygen atoms in total. The minimum absolute atomic E-state index is 0.104. The van der Waals surface area contributed by atoms with Crippen LogP contribution in [0.1, 0.15) is 71.6 Å². The molecule has 0 spiro atoms. The van der Waals surface area contributed by atoms with Crippen molar-refractivity contribution in [2.45, 2.75) is 86.6 Å². The summed E-state index contributed by atoms with van der Waals surface area (Å²) in [5.41, 5.74) is 0. The van der Waals surface area contributed by atoms with E-state index in [9.17, 15) is 9.59 Å². The minimum Gasteiger partial charge on any atom is -0.481 e. The van der Waals surface area contributed by atoms with Gasteiger partial charge in [0.1, 0.15) is 0 Å². The number of aliphatic carboxylic acids is 2. The fourth-order valence-corrected chi connectivity index (χ4v) is 5.30. The molecule has 0 aromatic rings. The topological polar surface area (TPSA) is 94.8 Å². The molecule has 0 heterocycles. The summed E-state index contributed by atoms with van der Waals surface area (Å²) < 4.78 is 3.30. The summed E-state index contributed by atoms with van der Waals surface area (Å²) in [6.45, 7) is 4.59. The number of hydrogen-bond acceptors (Lipinski definition) is 3. The molecule has 0 aliphatic rings. The third-order valence-corrected chi connectivity index (χ3v) is 7.10. The summed E-state index contributed by atoms with van der Waals surface area (Å²) in [7, 11) is 0. The van der Waals surface area contributed by atoms with Crippen LogP contribution in [0.2, 0.25) is 8.87 Å². The molecule has 0 aromatic carbocycles. The standard InChI is InChI=1S/2C6H13.C4H6O5.Sn/c2*1-3-5-6-4-2;5-2(4(8)9)1-3(6)7;/h2*1,3-6H2,2H3;2,5H,1H2,(H,6,7)(H,8,9);. The number of carboxylic acids is 2. The zero-order valence-electron chi connectivity index (χ0n) is 14.0. The van der Waals surface area contributed by atoms with Crippen LogP contribution in [-0.2, 0) is 9.59 Å². The largest absolute Gasteiger partial charge is 0.481 e. The Morgan fingerprint density at radius 2 is 1.32 bits per heavy atom. The Morgan fingerprint density at radius 3 is 1.59 bits per heavy atom. The van der Waals surface area contributed by atoms with E-state index in [4.69, 9.17) is 15.3 Å². The smallest absolute Gasteiger partial charge is 0.333 e. The summed E-state index contributed by atoms with van der Waals surface area (Å²) in [5.74, 6) is -2.85. The van der Waals surface area contributed by atoms with Crippen molar-refractivity contribution in [2.24, 2.45) is 0 Å². The van der Waals surface area contributed by atoms with Gasteiger partial charge in [-0.3, -0.25) is 4.79 Å². The van der Waals surface area contributed by atoms with Crippen LogP contribution in [0, 0.1) is 0 Å². The summed E-state index contributed by atoms with van der Waals surface area (Å²) in [6, 6.07) is 0. The summed E-state index contributed by atoms with van der Waals surface area (Å²) in [4.78, 5) is 19.4. The summed E-state index contributed by atoms with van der Waals surface area (Å²) in [6.07, 6.45) is 9.28. The van der Waals surface area contributed by atoms with E-state index in [0.717, 1.165) is 0 Å². The van der Waals surface area contributed by atoms with Gasteiger partial charge in [-0.2, -0.15) is 0 Å². The molecule has 3 N–H and O–H groups in total. The van der Waals surface area contributed by atoms with Crippen LogP contribution in [0.15, 0.2) is 0 Å². The maximum atomic E-state index is 9.72. The molecule has 0 aromatic heterocycles. The van der Waals surface area contributed by atoms with Gasteiger partial charge in [0, 0.05) is 0 Å². The molecule has 2 radical (unpaired) electrons. The van der Waals surface area contributed by atoms with E-state index in [2.05, 4.69) is 13.8 Å². The van der Waals surface area contributed by atoms with Crippen molar-refractivity contribution < 1.29 is 24.9 Å². The first-order valence-electron chi connectivity index (χ1n) is 8.29. The summed E-state index contributed by atoms with van der Waals surface area (Å²) in [5, 5.41) is 24.1. The van der Waals surface area contributed by atoms with Gasteiger partial charge in [0.05, 0.1) is 6.42 Å². The Balaban J connectivity index is 0. The molecule has 130 valence electrons. The molecule has 0 bridgehead atoms. The number of aliphatic hydroxyl groups excluding tert-OH is 1. The van der Waals surface area contributed by atoms with Crippen molar-refractivity contribution >= 4 is 33.1 Å². The Bertz CT molecular complexity index is 261. The second-order valence-electron chi connectivity index (χ2n) is 5.32. The average Bonchev–Trinajstić information content (AvgIpc) is 2.45. The second-order valence-corrected chi connectivity index (χ2v) is 9.60. The first kappa shape index (κ1) is 24.0. The van der Waals surface area contributed by atoms with E-state index in [0.29, 0.717) is 0 Å². The van der Waals surface area contributed by atoms with Crippen LogP contribution in [-0.4, -0.2) is 54.5 Å². The number of rotatable bonds is 13. The quantitative estimate of drug-likeness (QED) is 0.311. The van der Waals surface area contributed by atoms with Crippen molar-refractivity contribution in [1.29, 1.82) is 0 Å². The molecule has 0 aliphatic carbocycles. The van der Waals surface area contributed by atoms with Crippen molar-refractivity contribution in [3.8, 4) is 0 Å². The van der Waals surface area contributed by atoms with Gasteiger partial charge < -0.3 is 15.3 Å². The monoisotopic (exact) mass is 424 g/mol. The molecule has 1 unspecified atom stereocenters. The fraction of sp³-hybridized carbons (Fsp3) is 0.875. The van der Waals surface area contributed by atoms with E-state index >= 15 is 0 Å². The molecule has 0 saturated heterocycles. The molecular weight excluding hydrogens is 391 g/mol. The van der Waals surface area contributed by atoms with Gasteiger partial charge in [0.15, 0.2) is 6.10 Å². The minimum atomic E-state index is -1.79. The van der Waals surface area contributed by atoms with E-state index in [-0.39, 0.29) is 21.1 Å². The fourth-order valence-electron chi connectivity index (χ4n) is 1.73. The Morgan fingerprint density at radius 1 is 0.864 bits per heavy atom. The molecule has 0 amide bonds. The maximum absolute atomic E-state index is 9.72. The Kier molecular flexibility index (Phi) is 20.4. The number of carboxylic acid groups (broad SMARTS) is 2. The third kappa shape index (κ3) is 22.0. The number of unbranched alkanes of at least 4 members (excludes halogenated alkanes) is 6. The summed E-state index contributed by atoms with van der Waals surface area (Å²) >= 11 is 0.104. The van der Waals surface area contributed by atoms with E-state index in [1.165, 1.54) is 38.5 Å². The number of hydrogen-bond donors (Lipinski definition) is 3. The van der Waals surface area contributed by atoms with Gasteiger partial charge in [-0.15, -0.1) is 0 Å². The predicted octanol–water partition coefficient (Wildman–Crippen LogP) is 3.59. The molecule has 1 atom stereocenters. The van der Waals surface area contributed by atoms with Crippen LogP contribution in [0.4, 0.5) is 0 Å². The second kappa shape index (κ2) is 18.7. The number of carbonyl (C=O) groups is 2. The maximum Gasteiger partial charge on any atom is 0.333 e. The third-order valence-electron chi connectivity index (χ3n) is 3.07. The van der Waals surface area contributed by atoms with Crippen molar-refractivity contribution in [1.82, 2.24) is 0 Å². The molecule has 0 fully saturated rings. The molecule has 22 heavy (non-hydrogen) atoms. The van der Waals surface area contributed by atoms with Gasteiger partial charge in [-0.25, -0.2) is 4.79 Å². The van der Waals surface area contributed by atoms with Crippen LogP contribution in [0.25, 0.3) is 0 Å². The predicted molar refractivity (Wildman–Crippen MR) is 89.5 cm³/mol. The molecular formula is C16H32O5Sn. The van der Waals surface area contributed by atoms with E-state index < -0.39 is 24.5 Å². The van der Waals surface area contributed by atoms with Crippen molar-refractivity contribution in [3.63, 3.8) is 0 Å². The normalized spacial score (nSPS) is 11.4. The van der Waals surface area contributed by atoms with Gasteiger partial charge in [0.2, 0.25) is 0 Å². The van der Waals surface area contributed by atoms with Gasteiger partial charge in [-0.05, 0) is 0 Å². The van der Waals surface area contributed by atoms with Gasteiger partial charge in [-0.1, -0.05) is 0 Å². The SMILES string of the molecule is CCCCC[CH2][Sn][CH2]CCCCC.O=C(O)CC(O)C(=O)O. The van der Waals surface area contributed by atoms with Crippen molar-refractivity contribution in [3.05, 3.63) is 0 Å². The molecule has 0 saturated carbocycles. The molecule has 0 rings (SSSR count). The zero-order valence-corrected chi connectivity index (χ0v) is 16.9. The van der Waals surface area contributed by atoms with E-state index in [1.54, 1.807) is 21.7 Å². The first-order valence-corrected chi connectivity index (χ1v) is 12.3. The Hall–Kier alpha value is -0.301. The van der Waals surface area contributed by atoms with Crippen LogP contribution in [0.3, 0.4) is 0 Å². The first-order chi connectivity index (χ1) is 10.5.